The minimum absolute atomic E-state index is 0.319. The van der Waals surface area contributed by atoms with Crippen LogP contribution >= 0.6 is 0 Å². The lowest BCUT2D eigenvalue weighted by atomic mass is 10.6. The molecular weight excluding hydrogens is 158 g/mol. The molecule has 0 amide bonds. The second-order valence-electron chi connectivity index (χ2n) is 2.37. The van der Waals surface area contributed by atoms with Crippen molar-refractivity contribution in [2.24, 2.45) is 0 Å². The molecule has 0 atom stereocenters. The summed E-state index contributed by atoms with van der Waals surface area (Å²) in [5, 5.41) is 2.92. The summed E-state index contributed by atoms with van der Waals surface area (Å²) in [4.78, 5) is 4.00. The summed E-state index contributed by atoms with van der Waals surface area (Å²) in [6, 6.07) is 2.06. The number of furan rings is 1. The number of fused-ring (bicyclic) bond motifs is 1. The van der Waals surface area contributed by atoms with E-state index in [1.54, 1.807) is 6.07 Å². The van der Waals surface area contributed by atoms with E-state index in [1.165, 1.54) is 0 Å². The highest BCUT2D eigenvalue weighted by Crippen LogP contribution is 2.23. The number of aromatic nitrogens is 1. The average Bonchev–Trinajstić information content (AvgIpc) is 2.44. The van der Waals surface area contributed by atoms with E-state index < -0.39 is 0 Å². The molecule has 3 N–H and O–H groups in total. The van der Waals surface area contributed by atoms with Crippen LogP contribution in [-0.4, -0.2) is 11.5 Å². The maximum absolute atomic E-state index is 5.37. The Morgan fingerprint density at radius 3 is 3.08 bits per heavy atom. The molecule has 2 rings (SSSR count). The maximum Gasteiger partial charge on any atom is 0.298 e. The van der Waals surface area contributed by atoms with Crippen molar-refractivity contribution in [3.8, 4) is 0 Å². The molecule has 64 valence electrons. The second-order valence-corrected chi connectivity index (χ2v) is 2.37. The van der Waals surface area contributed by atoms with Crippen LogP contribution in [-0.2, 0) is 0 Å². The largest absolute Gasteiger partial charge is 0.420 e. The first kappa shape index (κ1) is 7.02. The third-order valence-corrected chi connectivity index (χ3v) is 1.44. The van der Waals surface area contributed by atoms with Gasteiger partial charge in [0.15, 0.2) is 11.5 Å². The standard InChI is InChI=1S/C7H9N3O2/c1-2-9-7-10-6-4(11-7)3-5(8)12-6/h3H,2,8H2,1H3,(H,9,10). The van der Waals surface area contributed by atoms with Crippen LogP contribution in [0.1, 0.15) is 6.92 Å². The molecule has 12 heavy (non-hydrogen) atoms. The van der Waals surface area contributed by atoms with Gasteiger partial charge in [0.1, 0.15) is 0 Å². The highest BCUT2D eigenvalue weighted by molar-refractivity contribution is 5.72. The molecular formula is C7H9N3O2. The zero-order valence-electron chi connectivity index (χ0n) is 6.63. The van der Waals surface area contributed by atoms with Gasteiger partial charge in [0.05, 0.1) is 0 Å². The number of nitrogens with two attached hydrogens (primary N) is 1. The number of anilines is 2. The molecule has 5 heteroatoms. The lowest BCUT2D eigenvalue weighted by Gasteiger charge is -1.91. The van der Waals surface area contributed by atoms with Crippen molar-refractivity contribution in [1.82, 2.24) is 4.98 Å². The minimum atomic E-state index is 0.319. The van der Waals surface area contributed by atoms with E-state index in [1.807, 2.05) is 6.92 Å². The summed E-state index contributed by atoms with van der Waals surface area (Å²) in [6.07, 6.45) is 0. The van der Waals surface area contributed by atoms with Gasteiger partial charge in [0.2, 0.25) is 0 Å². The van der Waals surface area contributed by atoms with Gasteiger partial charge in [0, 0.05) is 12.6 Å². The molecule has 0 bridgehead atoms. The fourth-order valence-electron chi connectivity index (χ4n) is 0.979. The summed E-state index contributed by atoms with van der Waals surface area (Å²) in [7, 11) is 0. The van der Waals surface area contributed by atoms with Crippen LogP contribution in [0.15, 0.2) is 14.9 Å². The first-order valence-corrected chi connectivity index (χ1v) is 3.69. The summed E-state index contributed by atoms with van der Waals surface area (Å²) in [5.74, 6) is 0.319. The van der Waals surface area contributed by atoms with Gasteiger partial charge >= 0.3 is 0 Å². The molecule has 0 saturated carbocycles. The Morgan fingerprint density at radius 2 is 2.42 bits per heavy atom. The van der Waals surface area contributed by atoms with Crippen molar-refractivity contribution in [1.29, 1.82) is 0 Å². The number of oxazole rings is 1. The molecule has 0 aromatic carbocycles. The van der Waals surface area contributed by atoms with Gasteiger partial charge in [-0.2, -0.15) is 4.98 Å². The predicted octanol–water partition coefficient (Wildman–Crippen LogP) is 1.43. The molecule has 5 nitrogen and oxygen atoms in total. The Kier molecular flexibility index (Phi) is 1.43. The number of hydrogen-bond acceptors (Lipinski definition) is 5. The first-order chi connectivity index (χ1) is 5.79. The fraction of sp³-hybridized carbons (Fsp3) is 0.286. The second kappa shape index (κ2) is 2.44. The number of nitrogens with zero attached hydrogens (tertiary/aromatic N) is 1. The van der Waals surface area contributed by atoms with E-state index in [0.717, 1.165) is 6.54 Å². The predicted molar refractivity (Wildman–Crippen MR) is 44.9 cm³/mol. The molecule has 0 aliphatic carbocycles. The highest BCUT2D eigenvalue weighted by Gasteiger charge is 2.08. The zero-order chi connectivity index (χ0) is 8.55. The van der Waals surface area contributed by atoms with Crippen molar-refractivity contribution < 1.29 is 8.83 Å². The van der Waals surface area contributed by atoms with Crippen molar-refractivity contribution in [3.63, 3.8) is 0 Å². The number of hydrogen-bond donors (Lipinski definition) is 2. The normalized spacial score (nSPS) is 10.8. The molecule has 0 spiro atoms. The van der Waals surface area contributed by atoms with Gasteiger partial charge in [-0.3, -0.25) is 0 Å². The van der Waals surface area contributed by atoms with Gasteiger partial charge in [-0.05, 0) is 6.92 Å². The topological polar surface area (TPSA) is 77.2 Å². The quantitative estimate of drug-likeness (QED) is 0.707. The summed E-state index contributed by atoms with van der Waals surface area (Å²) < 4.78 is 10.3. The van der Waals surface area contributed by atoms with E-state index in [4.69, 9.17) is 14.6 Å². The SMILES string of the molecule is CCNc1nc2oc(N)cc2o1. The van der Waals surface area contributed by atoms with Crippen molar-refractivity contribution in [2.75, 3.05) is 17.6 Å². The van der Waals surface area contributed by atoms with E-state index >= 15 is 0 Å². The Morgan fingerprint density at radius 1 is 1.58 bits per heavy atom. The van der Waals surface area contributed by atoms with Gasteiger partial charge in [-0.15, -0.1) is 0 Å². The molecule has 2 aromatic heterocycles. The smallest absolute Gasteiger partial charge is 0.298 e. The molecule has 0 saturated heterocycles. The number of rotatable bonds is 2. The third kappa shape index (κ3) is 0.990. The summed E-state index contributed by atoms with van der Waals surface area (Å²) in [6.45, 7) is 2.72. The van der Waals surface area contributed by atoms with Crippen LogP contribution in [0.2, 0.25) is 0 Å². The van der Waals surface area contributed by atoms with Crippen molar-refractivity contribution in [3.05, 3.63) is 6.07 Å². The van der Waals surface area contributed by atoms with Crippen LogP contribution in [0.3, 0.4) is 0 Å². The molecule has 0 unspecified atom stereocenters. The van der Waals surface area contributed by atoms with Gasteiger partial charge < -0.3 is 19.9 Å². The van der Waals surface area contributed by atoms with Gasteiger partial charge in [-0.25, -0.2) is 0 Å². The molecule has 0 aliphatic rings. The van der Waals surface area contributed by atoms with E-state index in [2.05, 4.69) is 10.3 Å². The van der Waals surface area contributed by atoms with Crippen molar-refractivity contribution >= 4 is 23.2 Å². The molecule has 0 fully saturated rings. The Balaban J connectivity index is 2.43. The average molecular weight is 167 g/mol. The molecule has 0 aliphatic heterocycles. The van der Waals surface area contributed by atoms with E-state index in [-0.39, 0.29) is 0 Å². The highest BCUT2D eigenvalue weighted by atomic mass is 16.4. The Bertz CT molecular complexity index is 359. The first-order valence-electron chi connectivity index (χ1n) is 3.69. The molecule has 2 heterocycles. The number of nitrogen functional groups attached to an aromatic ring is 1. The van der Waals surface area contributed by atoms with E-state index in [0.29, 0.717) is 23.2 Å². The van der Waals surface area contributed by atoms with E-state index in [9.17, 15) is 0 Å². The lowest BCUT2D eigenvalue weighted by Crippen LogP contribution is -1.95. The minimum Gasteiger partial charge on any atom is -0.420 e. The van der Waals surface area contributed by atoms with Crippen LogP contribution < -0.4 is 11.1 Å². The van der Waals surface area contributed by atoms with Crippen LogP contribution in [0.4, 0.5) is 11.9 Å². The van der Waals surface area contributed by atoms with Crippen LogP contribution in [0, 0.1) is 0 Å². The summed E-state index contributed by atoms with van der Waals surface area (Å²) >= 11 is 0. The fourth-order valence-corrected chi connectivity index (χ4v) is 0.979. The molecule has 0 radical (unpaired) electrons. The van der Waals surface area contributed by atoms with Gasteiger partial charge in [-0.1, -0.05) is 0 Å². The monoisotopic (exact) mass is 167 g/mol. The van der Waals surface area contributed by atoms with Crippen LogP contribution in [0.5, 0.6) is 0 Å². The maximum atomic E-state index is 5.37. The summed E-state index contributed by atoms with van der Waals surface area (Å²) in [5.41, 5.74) is 6.38. The molecule has 2 aromatic rings. The third-order valence-electron chi connectivity index (χ3n) is 1.44. The van der Waals surface area contributed by atoms with Gasteiger partial charge in [0.25, 0.3) is 11.7 Å². The van der Waals surface area contributed by atoms with Crippen LogP contribution in [0.25, 0.3) is 11.3 Å². The van der Waals surface area contributed by atoms with Crippen molar-refractivity contribution in [2.45, 2.75) is 6.92 Å². The Labute approximate surface area is 68.5 Å². The zero-order valence-corrected chi connectivity index (χ0v) is 6.63. The Hall–Kier alpha value is -1.65. The lowest BCUT2D eigenvalue weighted by molar-refractivity contribution is 0.616. The number of nitrogens with one attached hydrogen (secondary N) is 1.